The van der Waals surface area contributed by atoms with Crippen LogP contribution in [-0.2, 0) is 0 Å². The van der Waals surface area contributed by atoms with Crippen LogP contribution in [0, 0.1) is 11.7 Å². The van der Waals surface area contributed by atoms with E-state index in [4.69, 9.17) is 0 Å². The fraction of sp³-hybridized carbons (Fsp3) is 0.571. The minimum Gasteiger partial charge on any atom is -0.307 e. The average Bonchev–Trinajstić information content (AvgIpc) is 2.28. The van der Waals surface area contributed by atoms with Crippen LogP contribution in [0.15, 0.2) is 24.3 Å². The molecule has 0 saturated carbocycles. The second-order valence-electron chi connectivity index (χ2n) is 4.58. The highest BCUT2D eigenvalue weighted by atomic mass is 19.1. The SMILES string of the molecule is CCC(C)C(C)NC(C)c1ccccc1F. The van der Waals surface area contributed by atoms with Gasteiger partial charge in [0.25, 0.3) is 0 Å². The Bertz CT molecular complexity index is 324. The van der Waals surface area contributed by atoms with E-state index in [1.807, 2.05) is 19.1 Å². The Morgan fingerprint density at radius 2 is 1.81 bits per heavy atom. The molecule has 0 saturated heterocycles. The van der Waals surface area contributed by atoms with Crippen molar-refractivity contribution in [3.05, 3.63) is 35.6 Å². The molecule has 0 fully saturated rings. The molecule has 3 unspecified atom stereocenters. The second-order valence-corrected chi connectivity index (χ2v) is 4.58. The Hall–Kier alpha value is -0.890. The number of rotatable bonds is 5. The fourth-order valence-corrected chi connectivity index (χ4v) is 1.83. The van der Waals surface area contributed by atoms with E-state index in [0.29, 0.717) is 12.0 Å². The third kappa shape index (κ3) is 3.31. The molecule has 0 aromatic heterocycles. The number of nitrogens with one attached hydrogen (secondary N) is 1. The molecule has 1 nitrogen and oxygen atoms in total. The van der Waals surface area contributed by atoms with Crippen molar-refractivity contribution in [2.24, 2.45) is 5.92 Å². The molecule has 0 aliphatic heterocycles. The highest BCUT2D eigenvalue weighted by molar-refractivity contribution is 5.20. The number of halogens is 1. The topological polar surface area (TPSA) is 12.0 Å². The van der Waals surface area contributed by atoms with Crippen molar-refractivity contribution in [3.63, 3.8) is 0 Å². The van der Waals surface area contributed by atoms with E-state index < -0.39 is 0 Å². The standard InChI is InChI=1S/C14H22FN/c1-5-10(2)11(3)16-12(4)13-8-6-7-9-14(13)15/h6-12,16H,5H2,1-4H3. The first-order chi connectivity index (χ1) is 7.56. The normalized spacial score (nSPS) is 16.8. The predicted molar refractivity (Wildman–Crippen MR) is 66.9 cm³/mol. The first-order valence-corrected chi connectivity index (χ1v) is 6.06. The summed E-state index contributed by atoms with van der Waals surface area (Å²) in [6.45, 7) is 8.56. The van der Waals surface area contributed by atoms with Gasteiger partial charge in [-0.1, -0.05) is 38.5 Å². The van der Waals surface area contributed by atoms with Crippen molar-refractivity contribution in [2.45, 2.75) is 46.2 Å². The van der Waals surface area contributed by atoms with E-state index in [9.17, 15) is 4.39 Å². The van der Waals surface area contributed by atoms with Crippen LogP contribution < -0.4 is 5.32 Å². The van der Waals surface area contributed by atoms with Crippen LogP contribution in [0.25, 0.3) is 0 Å². The van der Waals surface area contributed by atoms with E-state index in [-0.39, 0.29) is 11.9 Å². The van der Waals surface area contributed by atoms with Crippen molar-refractivity contribution >= 4 is 0 Å². The predicted octanol–water partition coefficient (Wildman–Crippen LogP) is 3.91. The van der Waals surface area contributed by atoms with Gasteiger partial charge in [0, 0.05) is 17.6 Å². The highest BCUT2D eigenvalue weighted by Crippen LogP contribution is 2.18. The van der Waals surface area contributed by atoms with E-state index in [0.717, 1.165) is 12.0 Å². The smallest absolute Gasteiger partial charge is 0.127 e. The summed E-state index contributed by atoms with van der Waals surface area (Å²) in [5.74, 6) is 0.480. The van der Waals surface area contributed by atoms with Gasteiger partial charge >= 0.3 is 0 Å². The third-order valence-electron chi connectivity index (χ3n) is 3.38. The lowest BCUT2D eigenvalue weighted by atomic mass is 9.98. The summed E-state index contributed by atoms with van der Waals surface area (Å²) in [6.07, 6.45) is 1.14. The van der Waals surface area contributed by atoms with Crippen molar-refractivity contribution < 1.29 is 4.39 Å². The van der Waals surface area contributed by atoms with Gasteiger partial charge < -0.3 is 5.32 Å². The van der Waals surface area contributed by atoms with Gasteiger partial charge in [0.2, 0.25) is 0 Å². The van der Waals surface area contributed by atoms with Crippen molar-refractivity contribution in [1.82, 2.24) is 5.32 Å². The Kier molecular flexibility index (Phi) is 4.94. The second kappa shape index (κ2) is 6.00. The molecule has 0 aliphatic rings. The zero-order valence-corrected chi connectivity index (χ0v) is 10.6. The van der Waals surface area contributed by atoms with Crippen LogP contribution in [0.2, 0.25) is 0 Å². The zero-order chi connectivity index (χ0) is 12.1. The minimum absolute atomic E-state index is 0.0604. The van der Waals surface area contributed by atoms with Crippen LogP contribution in [-0.4, -0.2) is 6.04 Å². The molecule has 1 aromatic rings. The summed E-state index contributed by atoms with van der Waals surface area (Å²) >= 11 is 0. The largest absolute Gasteiger partial charge is 0.307 e. The summed E-state index contributed by atoms with van der Waals surface area (Å²) in [5, 5.41) is 3.45. The number of benzene rings is 1. The summed E-state index contributed by atoms with van der Waals surface area (Å²) in [7, 11) is 0. The molecule has 0 aliphatic carbocycles. The fourth-order valence-electron chi connectivity index (χ4n) is 1.83. The van der Waals surface area contributed by atoms with Gasteiger partial charge in [-0.15, -0.1) is 0 Å². The molecule has 16 heavy (non-hydrogen) atoms. The monoisotopic (exact) mass is 223 g/mol. The molecule has 1 aromatic carbocycles. The van der Waals surface area contributed by atoms with Crippen molar-refractivity contribution in [1.29, 1.82) is 0 Å². The quantitative estimate of drug-likeness (QED) is 0.798. The van der Waals surface area contributed by atoms with Crippen LogP contribution in [0.5, 0.6) is 0 Å². The maximum atomic E-state index is 13.5. The zero-order valence-electron chi connectivity index (χ0n) is 10.6. The average molecular weight is 223 g/mol. The number of hydrogen-bond acceptors (Lipinski definition) is 1. The molecule has 90 valence electrons. The molecule has 0 spiro atoms. The maximum Gasteiger partial charge on any atom is 0.127 e. The molecule has 2 heteroatoms. The van der Waals surface area contributed by atoms with Gasteiger partial charge in [-0.3, -0.25) is 0 Å². The lowest BCUT2D eigenvalue weighted by molar-refractivity contribution is 0.356. The summed E-state index contributed by atoms with van der Waals surface area (Å²) in [5.41, 5.74) is 0.748. The van der Waals surface area contributed by atoms with Gasteiger partial charge in [-0.2, -0.15) is 0 Å². The summed E-state index contributed by atoms with van der Waals surface area (Å²) in [6, 6.07) is 7.43. The van der Waals surface area contributed by atoms with E-state index in [1.54, 1.807) is 6.07 Å². The lowest BCUT2D eigenvalue weighted by Crippen LogP contribution is -2.34. The Balaban J connectivity index is 2.65. The van der Waals surface area contributed by atoms with E-state index in [2.05, 4.69) is 26.1 Å². The molecule has 0 heterocycles. The van der Waals surface area contributed by atoms with Crippen LogP contribution >= 0.6 is 0 Å². The van der Waals surface area contributed by atoms with Gasteiger partial charge in [-0.05, 0) is 25.8 Å². The third-order valence-corrected chi connectivity index (χ3v) is 3.38. The Morgan fingerprint density at radius 3 is 2.38 bits per heavy atom. The molecule has 1 N–H and O–H groups in total. The molecule has 1 rings (SSSR count). The first-order valence-electron chi connectivity index (χ1n) is 6.06. The minimum atomic E-state index is -0.126. The van der Waals surface area contributed by atoms with Crippen molar-refractivity contribution in [2.75, 3.05) is 0 Å². The molecular weight excluding hydrogens is 201 g/mol. The maximum absolute atomic E-state index is 13.5. The lowest BCUT2D eigenvalue weighted by Gasteiger charge is -2.25. The van der Waals surface area contributed by atoms with Gasteiger partial charge in [-0.25, -0.2) is 4.39 Å². The van der Waals surface area contributed by atoms with Gasteiger partial charge in [0.1, 0.15) is 5.82 Å². The molecule has 0 bridgehead atoms. The van der Waals surface area contributed by atoms with E-state index in [1.165, 1.54) is 6.07 Å². The summed E-state index contributed by atoms with van der Waals surface area (Å²) < 4.78 is 13.5. The van der Waals surface area contributed by atoms with Crippen LogP contribution in [0.1, 0.15) is 45.7 Å². The first kappa shape index (κ1) is 13.2. The van der Waals surface area contributed by atoms with Crippen LogP contribution in [0.3, 0.4) is 0 Å². The van der Waals surface area contributed by atoms with Crippen molar-refractivity contribution in [3.8, 4) is 0 Å². The van der Waals surface area contributed by atoms with Gasteiger partial charge in [0.05, 0.1) is 0 Å². The molecular formula is C14H22FN. The Labute approximate surface area is 98.1 Å². The highest BCUT2D eigenvalue weighted by Gasteiger charge is 2.15. The molecule has 0 radical (unpaired) electrons. The van der Waals surface area contributed by atoms with Crippen LogP contribution in [0.4, 0.5) is 4.39 Å². The Morgan fingerprint density at radius 1 is 1.19 bits per heavy atom. The number of hydrogen-bond donors (Lipinski definition) is 1. The molecule has 3 atom stereocenters. The molecule has 0 amide bonds. The summed E-state index contributed by atoms with van der Waals surface area (Å²) in [4.78, 5) is 0. The van der Waals surface area contributed by atoms with Gasteiger partial charge in [0.15, 0.2) is 0 Å². The van der Waals surface area contributed by atoms with E-state index >= 15 is 0 Å².